The second-order valence-electron chi connectivity index (χ2n) is 6.55. The molecule has 25 heavy (non-hydrogen) atoms. The van der Waals surface area contributed by atoms with Gasteiger partial charge in [0.25, 0.3) is 0 Å². The van der Waals surface area contributed by atoms with E-state index in [1.165, 1.54) is 12.7 Å². The number of carbonyl (C=O) groups excluding carboxylic acids is 1. The van der Waals surface area contributed by atoms with Gasteiger partial charge in [0.1, 0.15) is 5.75 Å². The highest BCUT2D eigenvalue weighted by Crippen LogP contribution is 2.25. The fourth-order valence-electron chi connectivity index (χ4n) is 3.13. The molecule has 1 atom stereocenters. The monoisotopic (exact) mass is 350 g/mol. The van der Waals surface area contributed by atoms with Crippen molar-refractivity contribution in [2.24, 2.45) is 0 Å². The van der Waals surface area contributed by atoms with Gasteiger partial charge in [-0.1, -0.05) is 12.1 Å². The number of morpholine rings is 1. The minimum Gasteiger partial charge on any atom is -0.481 e. The molecular weight excluding hydrogens is 320 g/mol. The molecule has 1 heterocycles. The van der Waals surface area contributed by atoms with Crippen molar-refractivity contribution in [3.05, 3.63) is 28.8 Å². The summed E-state index contributed by atoms with van der Waals surface area (Å²) in [6.45, 7) is 11.6. The summed E-state index contributed by atoms with van der Waals surface area (Å²) in [6, 6.07) is 4.70. The Morgan fingerprint density at radius 3 is 2.52 bits per heavy atom. The Hall–Kier alpha value is -1.63. The van der Waals surface area contributed by atoms with Crippen molar-refractivity contribution in [2.75, 3.05) is 46.6 Å². The van der Waals surface area contributed by atoms with Gasteiger partial charge >= 0.3 is 5.97 Å². The summed E-state index contributed by atoms with van der Waals surface area (Å²) in [5.74, 6) is 0.387. The van der Waals surface area contributed by atoms with Crippen molar-refractivity contribution < 1.29 is 19.0 Å². The van der Waals surface area contributed by atoms with Crippen molar-refractivity contribution in [2.45, 2.75) is 33.4 Å². The molecule has 0 amide bonds. The van der Waals surface area contributed by atoms with E-state index >= 15 is 0 Å². The van der Waals surface area contributed by atoms with Gasteiger partial charge in [-0.25, -0.2) is 4.79 Å². The van der Waals surface area contributed by atoms with Gasteiger partial charge < -0.3 is 19.5 Å². The third-order valence-corrected chi connectivity index (χ3v) is 4.52. The molecule has 140 valence electrons. The molecule has 1 aliphatic rings. The smallest absolute Gasteiger partial charge is 0.343 e. The highest BCUT2D eigenvalue weighted by atomic mass is 16.6. The zero-order chi connectivity index (χ0) is 18.2. The quantitative estimate of drug-likeness (QED) is 0.720. The molecule has 0 bridgehead atoms. The standard InChI is InChI=1S/C19H30N2O4/c1-14-9-17(10-15(2)19(14)25-13-18(22)23-4)12-20-11-16(3)21-5-7-24-8-6-21/h9-10,16,20H,5-8,11-13H2,1-4H3. The number of methoxy groups -OCH3 is 1. The summed E-state index contributed by atoms with van der Waals surface area (Å²) in [5, 5.41) is 3.53. The van der Waals surface area contributed by atoms with Crippen LogP contribution in [0.25, 0.3) is 0 Å². The average Bonchev–Trinajstić information content (AvgIpc) is 2.61. The third-order valence-electron chi connectivity index (χ3n) is 4.52. The minimum atomic E-state index is -0.373. The van der Waals surface area contributed by atoms with E-state index in [1.54, 1.807) is 0 Å². The lowest BCUT2D eigenvalue weighted by molar-refractivity contribution is -0.142. The molecule has 1 fully saturated rings. The highest BCUT2D eigenvalue weighted by Gasteiger charge is 2.16. The highest BCUT2D eigenvalue weighted by molar-refractivity contribution is 5.71. The van der Waals surface area contributed by atoms with Gasteiger partial charge in [0.05, 0.1) is 20.3 Å². The van der Waals surface area contributed by atoms with Crippen molar-refractivity contribution in [1.29, 1.82) is 0 Å². The van der Waals surface area contributed by atoms with E-state index in [2.05, 4.69) is 34.0 Å². The Labute approximate surface area is 150 Å². The number of nitrogens with one attached hydrogen (secondary N) is 1. The summed E-state index contributed by atoms with van der Waals surface area (Å²) >= 11 is 0. The van der Waals surface area contributed by atoms with Gasteiger partial charge in [0, 0.05) is 32.2 Å². The Bertz CT molecular complexity index is 548. The van der Waals surface area contributed by atoms with Crippen molar-refractivity contribution in [1.82, 2.24) is 10.2 Å². The van der Waals surface area contributed by atoms with Crippen LogP contribution in [0, 0.1) is 13.8 Å². The normalized spacial score (nSPS) is 16.5. The van der Waals surface area contributed by atoms with Crippen molar-refractivity contribution >= 4 is 5.97 Å². The summed E-state index contributed by atoms with van der Waals surface area (Å²) in [6.07, 6.45) is 0. The molecule has 0 saturated carbocycles. The number of esters is 1. The average molecular weight is 350 g/mol. The number of rotatable bonds is 8. The summed E-state index contributed by atoms with van der Waals surface area (Å²) in [7, 11) is 1.36. The first-order chi connectivity index (χ1) is 12.0. The first kappa shape index (κ1) is 19.7. The first-order valence-electron chi connectivity index (χ1n) is 8.83. The van der Waals surface area contributed by atoms with Crippen molar-refractivity contribution in [3.63, 3.8) is 0 Å². The van der Waals surface area contributed by atoms with Gasteiger partial charge in [-0.2, -0.15) is 0 Å². The maximum Gasteiger partial charge on any atom is 0.343 e. The van der Waals surface area contributed by atoms with Crippen LogP contribution >= 0.6 is 0 Å². The van der Waals surface area contributed by atoms with E-state index in [0.29, 0.717) is 6.04 Å². The van der Waals surface area contributed by atoms with E-state index in [9.17, 15) is 4.79 Å². The topological polar surface area (TPSA) is 60.0 Å². The predicted molar refractivity (Wildman–Crippen MR) is 97.0 cm³/mol. The molecule has 6 heteroatoms. The lowest BCUT2D eigenvalue weighted by Gasteiger charge is -2.32. The van der Waals surface area contributed by atoms with E-state index in [0.717, 1.165) is 56.3 Å². The zero-order valence-corrected chi connectivity index (χ0v) is 15.8. The Balaban J connectivity index is 1.84. The SMILES string of the molecule is COC(=O)COc1c(C)cc(CNCC(C)N2CCOCC2)cc1C. The van der Waals surface area contributed by atoms with Crippen LogP contribution in [-0.4, -0.2) is 63.5 Å². The van der Waals surface area contributed by atoms with E-state index in [4.69, 9.17) is 9.47 Å². The van der Waals surface area contributed by atoms with Gasteiger partial charge in [-0.05, 0) is 37.5 Å². The molecule has 0 aliphatic carbocycles. The largest absolute Gasteiger partial charge is 0.481 e. The number of hydrogen-bond donors (Lipinski definition) is 1. The number of aryl methyl sites for hydroxylation is 2. The van der Waals surface area contributed by atoms with Crippen LogP contribution in [0.15, 0.2) is 12.1 Å². The van der Waals surface area contributed by atoms with Crippen molar-refractivity contribution in [3.8, 4) is 5.75 Å². The minimum absolute atomic E-state index is 0.0627. The predicted octanol–water partition coefficient (Wildman–Crippen LogP) is 1.67. The fraction of sp³-hybridized carbons (Fsp3) is 0.632. The van der Waals surface area contributed by atoms with Gasteiger partial charge in [0.15, 0.2) is 6.61 Å². The molecule has 0 spiro atoms. The van der Waals surface area contributed by atoms with Gasteiger partial charge in [-0.3, -0.25) is 4.90 Å². The van der Waals surface area contributed by atoms with Crippen LogP contribution in [-0.2, 0) is 20.8 Å². The number of ether oxygens (including phenoxy) is 3. The third kappa shape index (κ3) is 5.99. The Kier molecular flexibility index (Phi) is 7.68. The van der Waals surface area contributed by atoms with Crippen LogP contribution in [0.5, 0.6) is 5.75 Å². The molecule has 1 N–H and O–H groups in total. The lowest BCUT2D eigenvalue weighted by Crippen LogP contribution is -2.46. The molecule has 1 saturated heterocycles. The van der Waals surface area contributed by atoms with Crippen LogP contribution < -0.4 is 10.1 Å². The Morgan fingerprint density at radius 1 is 1.28 bits per heavy atom. The summed E-state index contributed by atoms with van der Waals surface area (Å²) < 4.78 is 15.6. The van der Waals surface area contributed by atoms with Gasteiger partial charge in [-0.15, -0.1) is 0 Å². The van der Waals surface area contributed by atoms with E-state index in [-0.39, 0.29) is 12.6 Å². The number of benzene rings is 1. The van der Waals surface area contributed by atoms with Crippen LogP contribution in [0.3, 0.4) is 0 Å². The van der Waals surface area contributed by atoms with Gasteiger partial charge in [0.2, 0.25) is 0 Å². The maximum atomic E-state index is 11.2. The van der Waals surface area contributed by atoms with E-state index < -0.39 is 0 Å². The molecule has 1 aliphatic heterocycles. The molecule has 0 aromatic heterocycles. The molecule has 2 rings (SSSR count). The molecule has 0 radical (unpaired) electrons. The van der Waals surface area contributed by atoms with Crippen LogP contribution in [0.1, 0.15) is 23.6 Å². The second kappa shape index (κ2) is 9.75. The molecule has 6 nitrogen and oxygen atoms in total. The first-order valence-corrected chi connectivity index (χ1v) is 8.83. The number of carbonyl (C=O) groups is 1. The number of hydrogen-bond acceptors (Lipinski definition) is 6. The summed E-state index contributed by atoms with van der Waals surface area (Å²) in [4.78, 5) is 13.7. The zero-order valence-electron chi connectivity index (χ0n) is 15.8. The molecule has 1 aromatic rings. The fourth-order valence-corrected chi connectivity index (χ4v) is 3.13. The van der Waals surface area contributed by atoms with Crippen LogP contribution in [0.4, 0.5) is 0 Å². The molecular formula is C19H30N2O4. The molecule has 1 aromatic carbocycles. The Morgan fingerprint density at radius 2 is 1.92 bits per heavy atom. The maximum absolute atomic E-state index is 11.2. The molecule has 1 unspecified atom stereocenters. The van der Waals surface area contributed by atoms with Crippen LogP contribution in [0.2, 0.25) is 0 Å². The number of nitrogens with zero attached hydrogens (tertiary/aromatic N) is 1. The van der Waals surface area contributed by atoms with E-state index in [1.807, 2.05) is 13.8 Å². The second-order valence-corrected chi connectivity index (χ2v) is 6.55. The lowest BCUT2D eigenvalue weighted by atomic mass is 10.1. The summed E-state index contributed by atoms with van der Waals surface area (Å²) in [5.41, 5.74) is 3.28.